The summed E-state index contributed by atoms with van der Waals surface area (Å²) in [6.45, 7) is 8.02. The van der Waals surface area contributed by atoms with Crippen LogP contribution >= 0.6 is 0 Å². The highest BCUT2D eigenvalue weighted by molar-refractivity contribution is 6.04. The summed E-state index contributed by atoms with van der Waals surface area (Å²) in [5.74, 6) is 0.773. The van der Waals surface area contributed by atoms with E-state index in [1.54, 1.807) is 6.92 Å². The first-order valence-corrected chi connectivity index (χ1v) is 6.18. The Morgan fingerprint density at radius 2 is 1.95 bits per heavy atom. The lowest BCUT2D eigenvalue weighted by molar-refractivity contribution is 0.102. The van der Waals surface area contributed by atoms with Gasteiger partial charge in [-0.1, -0.05) is 39.0 Å². The fourth-order valence-corrected chi connectivity index (χ4v) is 1.90. The van der Waals surface area contributed by atoms with E-state index in [1.165, 1.54) is 0 Å². The number of carbonyl (C=O) groups excluding carboxylic acids is 1. The topological polar surface area (TPSA) is 70.7 Å². The highest BCUT2D eigenvalue weighted by Gasteiger charge is 2.21. The first-order valence-electron chi connectivity index (χ1n) is 6.18. The van der Waals surface area contributed by atoms with Gasteiger partial charge in [0.05, 0.1) is 0 Å². The molecule has 1 aromatic carbocycles. The summed E-state index contributed by atoms with van der Waals surface area (Å²) in [6.07, 6.45) is 0. The van der Waals surface area contributed by atoms with Crippen LogP contribution in [0.25, 0.3) is 0 Å². The fourth-order valence-electron chi connectivity index (χ4n) is 1.90. The number of anilines is 1. The number of rotatable bonds is 2. The van der Waals surface area contributed by atoms with Crippen molar-refractivity contribution in [3.05, 3.63) is 41.2 Å². The van der Waals surface area contributed by atoms with E-state index in [0.29, 0.717) is 17.3 Å². The van der Waals surface area contributed by atoms with Gasteiger partial charge in [0.1, 0.15) is 5.82 Å². The lowest BCUT2D eigenvalue weighted by Crippen LogP contribution is -2.21. The molecule has 0 bridgehead atoms. The Morgan fingerprint density at radius 3 is 2.53 bits per heavy atom. The second kappa shape index (κ2) is 4.84. The van der Waals surface area contributed by atoms with E-state index in [1.807, 2.05) is 24.3 Å². The third-order valence-corrected chi connectivity index (χ3v) is 2.80. The molecule has 2 aromatic rings. The molecule has 0 saturated heterocycles. The van der Waals surface area contributed by atoms with E-state index >= 15 is 0 Å². The Bertz CT molecular complexity index is 595. The Kier molecular flexibility index (Phi) is 3.38. The highest BCUT2D eigenvalue weighted by Crippen LogP contribution is 2.26. The standard InChI is InChI=1S/C14H18N4O/c1-9-15-13(18-17-9)16-12(19)10-7-5-6-8-11(10)14(2,3)4/h5-8H,1-4H3,(H2,15,16,17,18,19). The fraction of sp³-hybridized carbons (Fsp3) is 0.357. The zero-order valence-electron chi connectivity index (χ0n) is 11.6. The normalized spacial score (nSPS) is 11.4. The van der Waals surface area contributed by atoms with E-state index in [-0.39, 0.29) is 11.3 Å². The minimum absolute atomic E-state index is 0.0944. The minimum Gasteiger partial charge on any atom is -0.289 e. The van der Waals surface area contributed by atoms with E-state index in [4.69, 9.17) is 0 Å². The predicted octanol–water partition coefficient (Wildman–Crippen LogP) is 2.66. The smallest absolute Gasteiger partial charge is 0.258 e. The average molecular weight is 258 g/mol. The van der Waals surface area contributed by atoms with Crippen molar-refractivity contribution in [2.24, 2.45) is 0 Å². The molecule has 2 rings (SSSR count). The van der Waals surface area contributed by atoms with Gasteiger partial charge in [0, 0.05) is 5.56 Å². The average Bonchev–Trinajstić information content (AvgIpc) is 2.73. The van der Waals surface area contributed by atoms with Crippen LogP contribution < -0.4 is 5.32 Å². The zero-order valence-corrected chi connectivity index (χ0v) is 11.6. The summed E-state index contributed by atoms with van der Waals surface area (Å²) in [6, 6.07) is 7.58. The molecule has 0 atom stereocenters. The number of aromatic nitrogens is 3. The molecule has 0 aliphatic rings. The number of benzene rings is 1. The van der Waals surface area contributed by atoms with E-state index in [9.17, 15) is 4.79 Å². The minimum atomic E-state index is -0.190. The Labute approximate surface area is 112 Å². The van der Waals surface area contributed by atoms with Crippen molar-refractivity contribution in [2.45, 2.75) is 33.1 Å². The van der Waals surface area contributed by atoms with Crippen LogP contribution in [-0.4, -0.2) is 21.1 Å². The molecule has 0 unspecified atom stereocenters. The molecular formula is C14H18N4O. The molecule has 0 fully saturated rings. The number of aromatic amines is 1. The molecule has 0 radical (unpaired) electrons. The van der Waals surface area contributed by atoms with Crippen LogP contribution in [0.15, 0.2) is 24.3 Å². The molecule has 0 spiro atoms. The highest BCUT2D eigenvalue weighted by atomic mass is 16.1. The Hall–Kier alpha value is -2.17. The Balaban J connectivity index is 2.29. The van der Waals surface area contributed by atoms with Crippen LogP contribution in [0.2, 0.25) is 0 Å². The molecule has 100 valence electrons. The number of amides is 1. The number of H-pyrrole nitrogens is 1. The van der Waals surface area contributed by atoms with Gasteiger partial charge in [-0.05, 0) is 24.0 Å². The molecular weight excluding hydrogens is 240 g/mol. The van der Waals surface area contributed by atoms with Crippen molar-refractivity contribution in [1.82, 2.24) is 15.2 Å². The van der Waals surface area contributed by atoms with Crippen LogP contribution in [0.1, 0.15) is 42.5 Å². The lowest BCUT2D eigenvalue weighted by Gasteiger charge is -2.22. The van der Waals surface area contributed by atoms with Crippen molar-refractivity contribution in [3.8, 4) is 0 Å². The predicted molar refractivity (Wildman–Crippen MR) is 74.2 cm³/mol. The van der Waals surface area contributed by atoms with Crippen LogP contribution in [-0.2, 0) is 5.41 Å². The molecule has 5 nitrogen and oxygen atoms in total. The van der Waals surface area contributed by atoms with Gasteiger partial charge in [-0.3, -0.25) is 15.2 Å². The maximum Gasteiger partial charge on any atom is 0.258 e. The number of carbonyl (C=O) groups is 1. The van der Waals surface area contributed by atoms with Gasteiger partial charge in [-0.2, -0.15) is 4.98 Å². The number of aryl methyl sites for hydroxylation is 1. The largest absolute Gasteiger partial charge is 0.289 e. The van der Waals surface area contributed by atoms with Gasteiger partial charge in [-0.25, -0.2) is 0 Å². The van der Waals surface area contributed by atoms with Crippen molar-refractivity contribution >= 4 is 11.9 Å². The molecule has 1 aromatic heterocycles. The van der Waals surface area contributed by atoms with Gasteiger partial charge in [0.25, 0.3) is 5.91 Å². The number of hydrogen-bond donors (Lipinski definition) is 2. The van der Waals surface area contributed by atoms with Gasteiger partial charge >= 0.3 is 0 Å². The van der Waals surface area contributed by atoms with E-state index < -0.39 is 0 Å². The number of nitrogens with one attached hydrogen (secondary N) is 2. The van der Waals surface area contributed by atoms with E-state index in [0.717, 1.165) is 5.56 Å². The molecule has 2 N–H and O–H groups in total. The molecule has 1 amide bonds. The van der Waals surface area contributed by atoms with Crippen molar-refractivity contribution in [2.75, 3.05) is 5.32 Å². The quantitative estimate of drug-likeness (QED) is 0.870. The molecule has 1 heterocycles. The first-order chi connectivity index (χ1) is 8.88. The van der Waals surface area contributed by atoms with Crippen LogP contribution in [0.5, 0.6) is 0 Å². The molecule has 5 heteroatoms. The van der Waals surface area contributed by atoms with Crippen LogP contribution in [0, 0.1) is 6.92 Å². The maximum atomic E-state index is 12.3. The monoisotopic (exact) mass is 258 g/mol. The first kappa shape index (κ1) is 13.3. The summed E-state index contributed by atoms with van der Waals surface area (Å²) in [5, 5.41) is 9.30. The van der Waals surface area contributed by atoms with Gasteiger partial charge in [0.15, 0.2) is 0 Å². The summed E-state index contributed by atoms with van der Waals surface area (Å²) in [5.41, 5.74) is 1.56. The third kappa shape index (κ3) is 2.99. The van der Waals surface area contributed by atoms with Gasteiger partial charge in [0.2, 0.25) is 5.95 Å². The summed E-state index contributed by atoms with van der Waals surface area (Å²) >= 11 is 0. The SMILES string of the molecule is Cc1nc(NC(=O)c2ccccc2C(C)(C)C)n[nH]1. The lowest BCUT2D eigenvalue weighted by atomic mass is 9.83. The summed E-state index contributed by atoms with van der Waals surface area (Å²) in [4.78, 5) is 16.4. The number of nitrogens with zero attached hydrogens (tertiary/aromatic N) is 2. The van der Waals surface area contributed by atoms with Crippen molar-refractivity contribution in [3.63, 3.8) is 0 Å². The molecule has 0 aliphatic carbocycles. The zero-order chi connectivity index (χ0) is 14.0. The van der Waals surface area contributed by atoms with Gasteiger partial charge < -0.3 is 0 Å². The number of hydrogen-bond acceptors (Lipinski definition) is 3. The van der Waals surface area contributed by atoms with Crippen LogP contribution in [0.3, 0.4) is 0 Å². The van der Waals surface area contributed by atoms with Crippen molar-refractivity contribution < 1.29 is 4.79 Å². The summed E-state index contributed by atoms with van der Waals surface area (Å²) < 4.78 is 0. The Morgan fingerprint density at radius 1 is 1.26 bits per heavy atom. The molecule has 19 heavy (non-hydrogen) atoms. The summed E-state index contributed by atoms with van der Waals surface area (Å²) in [7, 11) is 0. The van der Waals surface area contributed by atoms with Crippen molar-refractivity contribution in [1.29, 1.82) is 0 Å². The van der Waals surface area contributed by atoms with Crippen LogP contribution in [0.4, 0.5) is 5.95 Å². The van der Waals surface area contributed by atoms with E-state index in [2.05, 4.69) is 41.3 Å². The molecule has 0 aliphatic heterocycles. The second-order valence-electron chi connectivity index (χ2n) is 5.49. The maximum absolute atomic E-state index is 12.3. The molecule has 0 saturated carbocycles. The third-order valence-electron chi connectivity index (χ3n) is 2.80. The van der Waals surface area contributed by atoms with Gasteiger partial charge in [-0.15, -0.1) is 5.10 Å². The second-order valence-corrected chi connectivity index (χ2v) is 5.49.